The Bertz CT molecular complexity index is 1010. The highest BCUT2D eigenvalue weighted by atomic mass is 32.2. The molecular weight excluding hydrogens is 418 g/mol. The molecule has 0 aliphatic carbocycles. The van der Waals surface area contributed by atoms with E-state index in [4.69, 9.17) is 14.2 Å². The molecule has 0 radical (unpaired) electrons. The average molecular weight is 450 g/mol. The highest BCUT2D eigenvalue weighted by Gasteiger charge is 2.13. The van der Waals surface area contributed by atoms with Crippen LogP contribution in [-0.2, 0) is 22.9 Å². The van der Waals surface area contributed by atoms with Gasteiger partial charge in [0.25, 0.3) is 0 Å². The van der Waals surface area contributed by atoms with Crippen LogP contribution in [0.4, 0.5) is 0 Å². The van der Waals surface area contributed by atoms with E-state index in [1.807, 2.05) is 25.1 Å². The molecule has 170 valence electrons. The third-order valence-electron chi connectivity index (χ3n) is 4.59. The molecule has 0 saturated carbocycles. The number of aryl methyl sites for hydroxylation is 1. The second-order valence-corrected chi connectivity index (χ2v) is 8.94. The number of hydrogen-bond donors (Lipinski definition) is 2. The predicted octanol–water partition coefficient (Wildman–Crippen LogP) is 2.68. The zero-order chi connectivity index (χ0) is 23.0. The van der Waals surface area contributed by atoms with E-state index in [0.29, 0.717) is 47.7 Å². The van der Waals surface area contributed by atoms with E-state index in [1.54, 1.807) is 40.4 Å². The van der Waals surface area contributed by atoms with Gasteiger partial charge in [-0.1, -0.05) is 12.1 Å². The highest BCUT2D eigenvalue weighted by molar-refractivity contribution is 7.90. The van der Waals surface area contributed by atoms with Gasteiger partial charge in [0.15, 0.2) is 27.3 Å². The highest BCUT2D eigenvalue weighted by Crippen LogP contribution is 2.38. The second kappa shape index (κ2) is 10.9. The van der Waals surface area contributed by atoms with Gasteiger partial charge in [-0.3, -0.25) is 0 Å². The van der Waals surface area contributed by atoms with Crippen LogP contribution in [0.1, 0.15) is 23.6 Å². The number of nitrogens with one attached hydrogen (secondary N) is 2. The smallest absolute Gasteiger partial charge is 0.203 e. The third kappa shape index (κ3) is 6.52. The molecule has 0 fully saturated rings. The molecule has 0 saturated heterocycles. The quantitative estimate of drug-likeness (QED) is 0.449. The molecule has 0 heterocycles. The predicted molar refractivity (Wildman–Crippen MR) is 122 cm³/mol. The van der Waals surface area contributed by atoms with Gasteiger partial charge in [0, 0.05) is 19.3 Å². The van der Waals surface area contributed by atoms with Gasteiger partial charge in [0.2, 0.25) is 5.75 Å². The van der Waals surface area contributed by atoms with Crippen LogP contribution in [0.3, 0.4) is 0 Å². The number of hydrogen-bond acceptors (Lipinski definition) is 6. The van der Waals surface area contributed by atoms with Crippen molar-refractivity contribution in [3.8, 4) is 17.2 Å². The summed E-state index contributed by atoms with van der Waals surface area (Å²) in [5.74, 6) is 2.33. The van der Waals surface area contributed by atoms with Crippen molar-refractivity contribution in [1.82, 2.24) is 10.6 Å². The molecule has 8 nitrogen and oxygen atoms in total. The van der Waals surface area contributed by atoms with Gasteiger partial charge in [-0.25, -0.2) is 13.4 Å². The lowest BCUT2D eigenvalue weighted by atomic mass is 10.1. The number of methoxy groups -OCH3 is 3. The molecule has 2 rings (SSSR count). The van der Waals surface area contributed by atoms with Crippen molar-refractivity contribution in [2.45, 2.75) is 31.8 Å². The fourth-order valence-corrected chi connectivity index (χ4v) is 4.12. The first kappa shape index (κ1) is 24.3. The Kier molecular flexibility index (Phi) is 8.56. The van der Waals surface area contributed by atoms with Crippen molar-refractivity contribution in [3.63, 3.8) is 0 Å². The number of rotatable bonds is 9. The summed E-state index contributed by atoms with van der Waals surface area (Å²) < 4.78 is 39.7. The van der Waals surface area contributed by atoms with E-state index in [9.17, 15) is 8.42 Å². The van der Waals surface area contributed by atoms with Gasteiger partial charge in [0.1, 0.15) is 0 Å². The van der Waals surface area contributed by atoms with Crippen LogP contribution in [0, 0.1) is 6.92 Å². The maximum absolute atomic E-state index is 11.8. The molecule has 0 bridgehead atoms. The molecule has 0 aromatic heterocycles. The minimum Gasteiger partial charge on any atom is -0.493 e. The summed E-state index contributed by atoms with van der Waals surface area (Å²) in [6, 6.07) is 9.04. The van der Waals surface area contributed by atoms with E-state index in [2.05, 4.69) is 15.6 Å². The van der Waals surface area contributed by atoms with Crippen molar-refractivity contribution >= 4 is 15.8 Å². The van der Waals surface area contributed by atoms with Crippen LogP contribution < -0.4 is 24.8 Å². The number of aliphatic imine (C=N–C) groups is 1. The zero-order valence-electron chi connectivity index (χ0n) is 18.9. The van der Waals surface area contributed by atoms with Crippen LogP contribution in [0.25, 0.3) is 0 Å². The molecule has 0 aliphatic heterocycles. The van der Waals surface area contributed by atoms with E-state index in [1.165, 1.54) is 6.26 Å². The molecular formula is C22H31N3O5S. The van der Waals surface area contributed by atoms with Gasteiger partial charge in [-0.05, 0) is 48.7 Å². The lowest BCUT2D eigenvalue weighted by molar-refractivity contribution is 0.324. The largest absolute Gasteiger partial charge is 0.493 e. The molecule has 2 aromatic rings. The Hall–Kier alpha value is -2.94. The number of ether oxygens (including phenoxy) is 3. The molecule has 2 N–H and O–H groups in total. The molecule has 2 aromatic carbocycles. The van der Waals surface area contributed by atoms with Gasteiger partial charge in [0.05, 0.1) is 32.8 Å². The van der Waals surface area contributed by atoms with Gasteiger partial charge < -0.3 is 24.8 Å². The lowest BCUT2D eigenvalue weighted by Gasteiger charge is -2.15. The fourth-order valence-electron chi connectivity index (χ4n) is 3.16. The Morgan fingerprint density at radius 2 is 1.61 bits per heavy atom. The Labute approximate surface area is 184 Å². The Morgan fingerprint density at radius 3 is 2.10 bits per heavy atom. The summed E-state index contributed by atoms with van der Waals surface area (Å²) in [4.78, 5) is 4.98. The van der Waals surface area contributed by atoms with E-state index in [-0.39, 0.29) is 0 Å². The molecule has 0 unspecified atom stereocenters. The first-order chi connectivity index (χ1) is 14.7. The number of nitrogens with zero attached hydrogens (tertiary/aromatic N) is 1. The van der Waals surface area contributed by atoms with Crippen molar-refractivity contribution in [3.05, 3.63) is 47.0 Å². The van der Waals surface area contributed by atoms with Crippen molar-refractivity contribution in [2.75, 3.05) is 34.1 Å². The molecule has 0 amide bonds. The SMILES string of the molecule is CCNC(=NCc1cc(OC)c(OC)c(OC)c1)NCc1ccc(S(C)(=O)=O)c(C)c1. The standard InChI is InChI=1S/C22H31N3O5S/c1-7-23-22(24-13-16-8-9-20(15(2)10-16)31(6,26)27)25-14-17-11-18(28-3)21(30-5)19(12-17)29-4/h8-12H,7,13-14H2,1-6H3,(H2,23,24,25). The summed E-state index contributed by atoms with van der Waals surface area (Å²) in [5.41, 5.74) is 2.59. The monoisotopic (exact) mass is 449 g/mol. The summed E-state index contributed by atoms with van der Waals surface area (Å²) in [5, 5.41) is 6.48. The van der Waals surface area contributed by atoms with Gasteiger partial charge >= 0.3 is 0 Å². The van der Waals surface area contributed by atoms with Crippen molar-refractivity contribution in [2.24, 2.45) is 4.99 Å². The zero-order valence-corrected chi connectivity index (χ0v) is 19.7. The molecule has 31 heavy (non-hydrogen) atoms. The third-order valence-corrected chi connectivity index (χ3v) is 5.84. The van der Waals surface area contributed by atoms with Crippen LogP contribution >= 0.6 is 0 Å². The topological polar surface area (TPSA) is 98.2 Å². The minimum atomic E-state index is -3.23. The summed E-state index contributed by atoms with van der Waals surface area (Å²) >= 11 is 0. The van der Waals surface area contributed by atoms with Crippen molar-refractivity contribution in [1.29, 1.82) is 0 Å². The van der Waals surface area contributed by atoms with Gasteiger partial charge in [-0.2, -0.15) is 0 Å². The number of guanidine groups is 1. The molecule has 0 aliphatic rings. The molecule has 0 spiro atoms. The van der Waals surface area contributed by atoms with Crippen LogP contribution in [0.2, 0.25) is 0 Å². The van der Waals surface area contributed by atoms with E-state index >= 15 is 0 Å². The lowest BCUT2D eigenvalue weighted by Crippen LogP contribution is -2.36. The van der Waals surface area contributed by atoms with Crippen LogP contribution in [0.15, 0.2) is 40.2 Å². The van der Waals surface area contributed by atoms with Crippen LogP contribution in [0.5, 0.6) is 17.2 Å². The summed E-state index contributed by atoms with van der Waals surface area (Å²) in [6.07, 6.45) is 1.21. The maximum Gasteiger partial charge on any atom is 0.203 e. The van der Waals surface area contributed by atoms with Gasteiger partial charge in [-0.15, -0.1) is 0 Å². The summed E-state index contributed by atoms with van der Waals surface area (Å²) in [6.45, 7) is 5.39. The normalized spacial score (nSPS) is 11.7. The molecule has 0 atom stereocenters. The Morgan fingerprint density at radius 1 is 0.968 bits per heavy atom. The van der Waals surface area contributed by atoms with Crippen molar-refractivity contribution < 1.29 is 22.6 Å². The van der Waals surface area contributed by atoms with E-state index in [0.717, 1.165) is 16.7 Å². The minimum absolute atomic E-state index is 0.347. The number of benzene rings is 2. The first-order valence-electron chi connectivity index (χ1n) is 9.84. The second-order valence-electron chi connectivity index (χ2n) is 6.95. The van der Waals surface area contributed by atoms with Crippen LogP contribution in [-0.4, -0.2) is 48.5 Å². The van der Waals surface area contributed by atoms with E-state index < -0.39 is 9.84 Å². The first-order valence-corrected chi connectivity index (χ1v) is 11.7. The number of sulfone groups is 1. The maximum atomic E-state index is 11.8. The summed E-state index contributed by atoms with van der Waals surface area (Å²) in [7, 11) is 1.49. The molecule has 9 heteroatoms. The average Bonchev–Trinajstić information content (AvgIpc) is 2.73. The fraction of sp³-hybridized carbons (Fsp3) is 0.409. The Balaban J connectivity index is 2.17.